The first-order chi connectivity index (χ1) is 9.31. The van der Waals surface area contributed by atoms with Gasteiger partial charge in [-0.05, 0) is 34.1 Å². The highest BCUT2D eigenvalue weighted by molar-refractivity contribution is 9.10. The molecule has 1 aromatic carbocycles. The molecule has 0 aliphatic carbocycles. The number of halogens is 2. The molecule has 0 unspecified atom stereocenters. The number of aryl methyl sites for hydroxylation is 1. The lowest BCUT2D eigenvalue weighted by atomic mass is 10.3. The second-order valence-corrected chi connectivity index (χ2v) is 6.66. The summed E-state index contributed by atoms with van der Waals surface area (Å²) in [6, 6.07) is 3.76. The molecule has 0 spiro atoms. The van der Waals surface area contributed by atoms with E-state index < -0.39 is 20.7 Å². The molecule has 2 rings (SSSR count). The van der Waals surface area contributed by atoms with Crippen molar-refractivity contribution in [3.63, 3.8) is 0 Å². The van der Waals surface area contributed by atoms with Crippen LogP contribution in [-0.2, 0) is 23.6 Å². The van der Waals surface area contributed by atoms with E-state index in [4.69, 9.17) is 5.73 Å². The summed E-state index contributed by atoms with van der Waals surface area (Å²) < 4.78 is 42.0. The van der Waals surface area contributed by atoms with Gasteiger partial charge in [-0.25, -0.2) is 17.5 Å². The van der Waals surface area contributed by atoms with Crippen molar-refractivity contribution in [3.8, 4) is 0 Å². The molecule has 108 valence electrons. The Hall–Kier alpha value is -1.45. The minimum absolute atomic E-state index is 0.00818. The second kappa shape index (κ2) is 5.51. The molecule has 0 aliphatic rings. The maximum absolute atomic E-state index is 13.7. The first kappa shape index (κ1) is 14.9. The minimum Gasteiger partial charge on any atom is -0.398 e. The molecule has 1 heterocycles. The molecule has 0 fully saturated rings. The normalized spacial score (nSPS) is 11.8. The van der Waals surface area contributed by atoms with E-state index in [-0.39, 0.29) is 12.2 Å². The van der Waals surface area contributed by atoms with Crippen LogP contribution in [-0.4, -0.2) is 18.2 Å². The third kappa shape index (κ3) is 3.00. The van der Waals surface area contributed by atoms with Crippen molar-refractivity contribution in [3.05, 3.63) is 40.4 Å². The number of nitrogen functional groups attached to an aromatic ring is 1. The molecule has 0 atom stereocenters. The highest BCUT2D eigenvalue weighted by Gasteiger charge is 2.20. The molecule has 0 saturated carbocycles. The van der Waals surface area contributed by atoms with Crippen LogP contribution in [0.5, 0.6) is 0 Å². The highest BCUT2D eigenvalue weighted by Crippen LogP contribution is 2.26. The zero-order chi connectivity index (χ0) is 14.9. The number of nitrogens with zero attached hydrogens (tertiary/aromatic N) is 2. The van der Waals surface area contributed by atoms with Crippen molar-refractivity contribution in [1.29, 1.82) is 0 Å². The number of benzene rings is 1. The second-order valence-electron chi connectivity index (χ2n) is 4.07. The smallest absolute Gasteiger partial charge is 0.243 e. The van der Waals surface area contributed by atoms with Gasteiger partial charge in [-0.15, -0.1) is 0 Å². The van der Waals surface area contributed by atoms with Crippen LogP contribution in [0.15, 0.2) is 33.8 Å². The number of nitrogens with one attached hydrogen (secondary N) is 1. The van der Waals surface area contributed by atoms with E-state index in [2.05, 4.69) is 25.8 Å². The van der Waals surface area contributed by atoms with Gasteiger partial charge >= 0.3 is 0 Å². The summed E-state index contributed by atoms with van der Waals surface area (Å²) in [5, 5.41) is 3.91. The molecule has 3 N–H and O–H groups in total. The van der Waals surface area contributed by atoms with Gasteiger partial charge in [0.1, 0.15) is 10.7 Å². The van der Waals surface area contributed by atoms with E-state index in [0.29, 0.717) is 10.2 Å². The third-order valence-electron chi connectivity index (χ3n) is 2.71. The van der Waals surface area contributed by atoms with Gasteiger partial charge in [-0.3, -0.25) is 4.68 Å². The summed E-state index contributed by atoms with van der Waals surface area (Å²) in [6.07, 6.45) is 1.54. The van der Waals surface area contributed by atoms with Gasteiger partial charge in [0, 0.05) is 23.4 Å². The van der Waals surface area contributed by atoms with Gasteiger partial charge < -0.3 is 5.73 Å². The molecule has 9 heteroatoms. The van der Waals surface area contributed by atoms with Crippen LogP contribution in [0.25, 0.3) is 0 Å². The highest BCUT2D eigenvalue weighted by atomic mass is 79.9. The van der Waals surface area contributed by atoms with Crippen LogP contribution in [0.1, 0.15) is 5.69 Å². The van der Waals surface area contributed by atoms with E-state index in [0.717, 1.165) is 12.1 Å². The van der Waals surface area contributed by atoms with E-state index in [9.17, 15) is 12.8 Å². The van der Waals surface area contributed by atoms with E-state index in [1.165, 1.54) is 4.68 Å². The Morgan fingerprint density at radius 1 is 1.50 bits per heavy atom. The molecule has 0 amide bonds. The first-order valence-corrected chi connectivity index (χ1v) is 7.80. The molecule has 2 aromatic rings. The standard InChI is InChI=1S/C11H12BrFN4O2S/c1-17-7(2-3-15-17)6-16-20(18,19)11-5-10(14)8(12)4-9(11)13/h2-5,16H,6,14H2,1H3. The van der Waals surface area contributed by atoms with Crippen LogP contribution in [0.4, 0.5) is 10.1 Å². The fourth-order valence-electron chi connectivity index (χ4n) is 1.57. The van der Waals surface area contributed by atoms with Crippen molar-refractivity contribution >= 4 is 31.6 Å². The van der Waals surface area contributed by atoms with Crippen LogP contribution in [0, 0.1) is 5.82 Å². The van der Waals surface area contributed by atoms with Gasteiger partial charge in [-0.1, -0.05) is 0 Å². The average molecular weight is 363 g/mol. The monoisotopic (exact) mass is 362 g/mol. The van der Waals surface area contributed by atoms with E-state index in [1.807, 2.05) is 0 Å². The summed E-state index contributed by atoms with van der Waals surface area (Å²) in [5.74, 6) is -0.872. The maximum Gasteiger partial charge on any atom is 0.243 e. The Morgan fingerprint density at radius 3 is 2.80 bits per heavy atom. The van der Waals surface area contributed by atoms with Crippen LogP contribution >= 0.6 is 15.9 Å². The summed E-state index contributed by atoms with van der Waals surface area (Å²) in [7, 11) is -2.31. The predicted molar refractivity (Wildman–Crippen MR) is 75.7 cm³/mol. The number of hydrogen-bond acceptors (Lipinski definition) is 4. The minimum atomic E-state index is -3.99. The van der Waals surface area contributed by atoms with Gasteiger partial charge in [0.25, 0.3) is 0 Å². The number of hydrogen-bond donors (Lipinski definition) is 2. The third-order valence-corrected chi connectivity index (χ3v) is 4.81. The zero-order valence-electron chi connectivity index (χ0n) is 10.5. The predicted octanol–water partition coefficient (Wildman–Crippen LogP) is 1.38. The van der Waals surface area contributed by atoms with Crippen molar-refractivity contribution in [2.24, 2.45) is 7.05 Å². The van der Waals surface area contributed by atoms with Crippen molar-refractivity contribution in [1.82, 2.24) is 14.5 Å². The van der Waals surface area contributed by atoms with Gasteiger partial charge in [0.15, 0.2) is 0 Å². The summed E-state index contributed by atoms with van der Waals surface area (Å²) >= 11 is 3.04. The fourth-order valence-corrected chi connectivity index (χ4v) is 2.98. The lowest BCUT2D eigenvalue weighted by Crippen LogP contribution is -2.25. The summed E-state index contributed by atoms with van der Waals surface area (Å²) in [6.45, 7) is 0.00818. The molecule has 0 radical (unpaired) electrons. The van der Waals surface area contributed by atoms with Crippen molar-refractivity contribution in [2.75, 3.05) is 5.73 Å². The van der Waals surface area contributed by atoms with E-state index >= 15 is 0 Å². The fraction of sp³-hybridized carbons (Fsp3) is 0.182. The summed E-state index contributed by atoms with van der Waals surface area (Å²) in [4.78, 5) is -0.486. The van der Waals surface area contributed by atoms with E-state index in [1.54, 1.807) is 19.3 Å². The van der Waals surface area contributed by atoms with Crippen molar-refractivity contribution < 1.29 is 12.8 Å². The van der Waals surface area contributed by atoms with Crippen LogP contribution < -0.4 is 10.5 Å². The average Bonchev–Trinajstić information content (AvgIpc) is 2.77. The number of sulfonamides is 1. The number of nitrogens with two attached hydrogens (primary N) is 1. The Labute approximate surface area is 124 Å². The zero-order valence-corrected chi connectivity index (χ0v) is 12.9. The number of anilines is 1. The van der Waals surface area contributed by atoms with Gasteiger partial charge in [0.05, 0.1) is 12.2 Å². The largest absolute Gasteiger partial charge is 0.398 e. The SMILES string of the molecule is Cn1nccc1CNS(=O)(=O)c1cc(N)c(Br)cc1F. The van der Waals surface area contributed by atoms with Gasteiger partial charge in [-0.2, -0.15) is 5.10 Å². The molecule has 0 aliphatic heterocycles. The van der Waals surface area contributed by atoms with Gasteiger partial charge in [0.2, 0.25) is 10.0 Å². The topological polar surface area (TPSA) is 90.0 Å². The maximum atomic E-state index is 13.7. The molecule has 6 nitrogen and oxygen atoms in total. The number of rotatable bonds is 4. The molecular weight excluding hydrogens is 351 g/mol. The lowest BCUT2D eigenvalue weighted by Gasteiger charge is -2.09. The Bertz CT molecular complexity index is 745. The lowest BCUT2D eigenvalue weighted by molar-refractivity contribution is 0.554. The molecule has 0 saturated heterocycles. The van der Waals surface area contributed by atoms with Crippen molar-refractivity contribution in [2.45, 2.75) is 11.4 Å². The molecule has 1 aromatic heterocycles. The Morgan fingerprint density at radius 2 is 2.20 bits per heavy atom. The molecule has 0 bridgehead atoms. The molecular formula is C11H12BrFN4O2S. The number of aromatic nitrogens is 2. The Balaban J connectivity index is 2.27. The van der Waals surface area contributed by atoms with Crippen LogP contribution in [0.2, 0.25) is 0 Å². The van der Waals surface area contributed by atoms with Crippen LogP contribution in [0.3, 0.4) is 0 Å². The molecule has 20 heavy (non-hydrogen) atoms. The Kier molecular flexibility index (Phi) is 4.11. The quantitative estimate of drug-likeness (QED) is 0.804. The summed E-state index contributed by atoms with van der Waals surface area (Å²) in [5.41, 5.74) is 6.38. The first-order valence-electron chi connectivity index (χ1n) is 5.52.